The zero-order valence-electron chi connectivity index (χ0n) is 18.0. The Morgan fingerprint density at radius 1 is 0.857 bits per heavy atom. The summed E-state index contributed by atoms with van der Waals surface area (Å²) in [5, 5.41) is 0. The van der Waals surface area contributed by atoms with Crippen molar-refractivity contribution in [2.75, 3.05) is 5.75 Å². The summed E-state index contributed by atoms with van der Waals surface area (Å²) in [7, 11) is -5.22. The van der Waals surface area contributed by atoms with Crippen molar-refractivity contribution in [1.29, 1.82) is 0 Å². The van der Waals surface area contributed by atoms with Gasteiger partial charge in [-0.3, -0.25) is 14.1 Å². The summed E-state index contributed by atoms with van der Waals surface area (Å²) in [5.41, 5.74) is 0. The van der Waals surface area contributed by atoms with Gasteiger partial charge < -0.3 is 9.47 Å². The van der Waals surface area contributed by atoms with Gasteiger partial charge in [0.05, 0.1) is 11.8 Å². The SMILES string of the molecule is CC(F)(F)C(OC(=O)C1C2CC3CC(C2)C(C(=O)OC(CS(=O)(=O)O)C(F)(F)F)C1C3)C(F)(F)F. The molecule has 0 aromatic rings. The van der Waals surface area contributed by atoms with Crippen LogP contribution in [-0.4, -0.2) is 61.1 Å². The standard InChI is InChI=1S/C19H22F8O7S/c1-17(20,21)16(19(25,26)27)34-15(29)13-9-3-7-2-8(5-9)12(10(13)4-7)14(28)33-11(18(22,23)24)6-35(30,31)32/h7-13,16H,2-6H2,1H3,(H,30,31,32). The molecule has 4 saturated carbocycles. The van der Waals surface area contributed by atoms with Crippen LogP contribution in [0.15, 0.2) is 0 Å². The van der Waals surface area contributed by atoms with E-state index in [4.69, 9.17) is 4.55 Å². The Morgan fingerprint density at radius 2 is 1.34 bits per heavy atom. The van der Waals surface area contributed by atoms with Gasteiger partial charge in [-0.15, -0.1) is 0 Å². The van der Waals surface area contributed by atoms with Crippen LogP contribution in [0.25, 0.3) is 0 Å². The van der Waals surface area contributed by atoms with Crippen LogP contribution in [0.4, 0.5) is 35.1 Å². The summed E-state index contributed by atoms with van der Waals surface area (Å²) < 4.78 is 145. The summed E-state index contributed by atoms with van der Waals surface area (Å²) in [6, 6.07) is 0. The smallest absolute Gasteiger partial charge is 0.431 e. The summed E-state index contributed by atoms with van der Waals surface area (Å²) in [4.78, 5) is 25.4. The van der Waals surface area contributed by atoms with Crippen LogP contribution < -0.4 is 0 Å². The van der Waals surface area contributed by atoms with Crippen LogP contribution in [0.1, 0.15) is 32.6 Å². The fraction of sp³-hybridized carbons (Fsp3) is 0.895. The fourth-order valence-corrected chi connectivity index (χ4v) is 6.55. The Balaban J connectivity index is 1.85. The van der Waals surface area contributed by atoms with Crippen molar-refractivity contribution in [3.05, 3.63) is 0 Å². The Hall–Kier alpha value is -1.71. The second-order valence-electron chi connectivity index (χ2n) is 9.57. The first-order valence-electron chi connectivity index (χ1n) is 10.6. The maximum absolute atomic E-state index is 13.5. The number of hydrogen-bond donors (Lipinski definition) is 1. The van der Waals surface area contributed by atoms with Crippen LogP contribution in [0.5, 0.6) is 0 Å². The number of alkyl halides is 8. The van der Waals surface area contributed by atoms with Crippen molar-refractivity contribution in [2.45, 2.75) is 63.1 Å². The monoisotopic (exact) mass is 546 g/mol. The largest absolute Gasteiger partial charge is 0.451 e. The molecular formula is C19H22F8O7S. The van der Waals surface area contributed by atoms with Crippen molar-refractivity contribution in [3.63, 3.8) is 0 Å². The highest BCUT2D eigenvalue weighted by molar-refractivity contribution is 7.85. The number of hydrogen-bond acceptors (Lipinski definition) is 6. The fourth-order valence-electron chi connectivity index (χ4n) is 5.91. The van der Waals surface area contributed by atoms with Gasteiger partial charge in [0.25, 0.3) is 22.1 Å². The minimum atomic E-state index is -5.60. The molecule has 0 aromatic carbocycles. The summed E-state index contributed by atoms with van der Waals surface area (Å²) >= 11 is 0. The van der Waals surface area contributed by atoms with Crippen LogP contribution in [0.2, 0.25) is 0 Å². The maximum atomic E-state index is 13.5. The number of carbonyl (C=O) groups excluding carboxylic acids is 2. The quantitative estimate of drug-likeness (QED) is 0.294. The molecule has 7 nitrogen and oxygen atoms in total. The second-order valence-corrected chi connectivity index (χ2v) is 11.1. The van der Waals surface area contributed by atoms with Crippen molar-refractivity contribution >= 4 is 22.1 Å². The summed E-state index contributed by atoms with van der Waals surface area (Å²) in [5.74, 6) is -14.9. The zero-order valence-corrected chi connectivity index (χ0v) is 18.8. The van der Waals surface area contributed by atoms with Crippen molar-refractivity contribution < 1.29 is 67.2 Å². The van der Waals surface area contributed by atoms with Crippen molar-refractivity contribution in [2.24, 2.45) is 35.5 Å². The highest BCUT2D eigenvalue weighted by Crippen LogP contribution is 2.60. The van der Waals surface area contributed by atoms with Gasteiger partial charge in [-0.05, 0) is 49.4 Å². The van der Waals surface area contributed by atoms with Gasteiger partial charge in [-0.2, -0.15) is 34.8 Å². The molecule has 0 saturated heterocycles. The molecule has 0 spiro atoms. The normalized spacial score (nSPS) is 32.7. The molecule has 0 aliphatic heterocycles. The van der Waals surface area contributed by atoms with E-state index in [-0.39, 0.29) is 25.7 Å². The third kappa shape index (κ3) is 6.17. The molecule has 0 radical (unpaired) electrons. The number of halogens is 8. The lowest BCUT2D eigenvalue weighted by Crippen LogP contribution is -2.57. The molecule has 16 heteroatoms. The lowest BCUT2D eigenvalue weighted by molar-refractivity contribution is -0.278. The predicted molar refractivity (Wildman–Crippen MR) is 98.3 cm³/mol. The van der Waals surface area contributed by atoms with E-state index in [0.29, 0.717) is 12.8 Å². The van der Waals surface area contributed by atoms with E-state index >= 15 is 0 Å². The van der Waals surface area contributed by atoms with Gasteiger partial charge in [0.1, 0.15) is 5.75 Å². The average Bonchev–Trinajstić information content (AvgIpc) is 2.61. The molecule has 8 unspecified atom stereocenters. The van der Waals surface area contributed by atoms with Gasteiger partial charge >= 0.3 is 24.3 Å². The van der Waals surface area contributed by atoms with Crippen LogP contribution in [-0.2, 0) is 29.2 Å². The predicted octanol–water partition coefficient (Wildman–Crippen LogP) is 3.78. The molecule has 0 aromatic heterocycles. The highest BCUT2D eigenvalue weighted by Gasteiger charge is 2.62. The molecule has 202 valence electrons. The first-order chi connectivity index (χ1) is 15.7. The minimum absolute atomic E-state index is 0.0424. The lowest BCUT2D eigenvalue weighted by atomic mass is 9.48. The van der Waals surface area contributed by atoms with E-state index in [9.17, 15) is 53.1 Å². The molecule has 0 heterocycles. The van der Waals surface area contributed by atoms with Gasteiger partial charge in [0, 0.05) is 6.92 Å². The number of carbonyl (C=O) groups is 2. The van der Waals surface area contributed by atoms with E-state index in [0.717, 1.165) is 0 Å². The zero-order chi connectivity index (χ0) is 26.7. The van der Waals surface area contributed by atoms with E-state index in [1.54, 1.807) is 0 Å². The maximum Gasteiger partial charge on any atom is 0.431 e. The molecule has 4 aliphatic carbocycles. The van der Waals surface area contributed by atoms with Crippen molar-refractivity contribution in [3.8, 4) is 0 Å². The molecule has 35 heavy (non-hydrogen) atoms. The van der Waals surface area contributed by atoms with Crippen molar-refractivity contribution in [1.82, 2.24) is 0 Å². The number of esters is 2. The average molecular weight is 546 g/mol. The van der Waals surface area contributed by atoms with Crippen LogP contribution >= 0.6 is 0 Å². The summed E-state index contributed by atoms with van der Waals surface area (Å²) in [6.07, 6.45) is -17.2. The van der Waals surface area contributed by atoms with Crippen LogP contribution in [0, 0.1) is 35.5 Å². The Labute approximate surface area is 194 Å². The molecule has 4 fully saturated rings. The molecule has 4 bridgehead atoms. The Morgan fingerprint density at radius 3 is 1.74 bits per heavy atom. The first-order valence-corrected chi connectivity index (χ1v) is 12.2. The second kappa shape index (κ2) is 8.99. The molecule has 4 aliphatic rings. The molecule has 8 atom stereocenters. The Bertz CT molecular complexity index is 928. The number of rotatable bonds is 7. The first kappa shape index (κ1) is 27.9. The molecular weight excluding hydrogens is 524 g/mol. The third-order valence-electron chi connectivity index (χ3n) is 6.94. The van der Waals surface area contributed by atoms with Gasteiger partial charge in [0.15, 0.2) is 0 Å². The molecule has 1 N–H and O–H groups in total. The topological polar surface area (TPSA) is 107 Å². The molecule has 0 amide bonds. The number of ether oxygens (including phenoxy) is 2. The summed E-state index contributed by atoms with van der Waals surface area (Å²) in [6.45, 7) is -0.0814. The lowest BCUT2D eigenvalue weighted by Gasteiger charge is -2.56. The van der Waals surface area contributed by atoms with Crippen LogP contribution in [0.3, 0.4) is 0 Å². The van der Waals surface area contributed by atoms with Gasteiger partial charge in [0.2, 0.25) is 6.10 Å². The van der Waals surface area contributed by atoms with E-state index in [2.05, 4.69) is 9.47 Å². The highest BCUT2D eigenvalue weighted by atomic mass is 32.2. The van der Waals surface area contributed by atoms with E-state index in [1.165, 1.54) is 0 Å². The van der Waals surface area contributed by atoms with Gasteiger partial charge in [-0.25, -0.2) is 8.78 Å². The van der Waals surface area contributed by atoms with E-state index < -0.39 is 87.9 Å². The third-order valence-corrected chi connectivity index (χ3v) is 7.67. The minimum Gasteiger partial charge on any atom is -0.451 e. The molecule has 4 rings (SSSR count). The van der Waals surface area contributed by atoms with E-state index in [1.807, 2.05) is 0 Å². The Kier molecular flexibility index (Phi) is 7.16. The van der Waals surface area contributed by atoms with Gasteiger partial charge in [-0.1, -0.05) is 0 Å².